The summed E-state index contributed by atoms with van der Waals surface area (Å²) in [6.07, 6.45) is 4.47. The molecule has 0 spiro atoms. The molecule has 0 N–H and O–H groups in total. The van der Waals surface area contributed by atoms with Crippen LogP contribution in [0.4, 0.5) is 22.7 Å². The average Bonchev–Trinajstić information content (AvgIpc) is 3.29. The van der Waals surface area contributed by atoms with E-state index in [4.69, 9.17) is 0 Å². The summed E-state index contributed by atoms with van der Waals surface area (Å²) >= 11 is 0. The molecule has 0 aliphatic rings. The lowest BCUT2D eigenvalue weighted by atomic mass is 9.99. The first-order valence-electron chi connectivity index (χ1n) is 19.6. The molecule has 0 fully saturated rings. The molecular formula is C55H46N2. The van der Waals surface area contributed by atoms with E-state index in [1.807, 2.05) is 0 Å². The van der Waals surface area contributed by atoms with E-state index in [0.29, 0.717) is 0 Å². The summed E-state index contributed by atoms with van der Waals surface area (Å²) < 4.78 is 0. The van der Waals surface area contributed by atoms with Crippen molar-refractivity contribution in [3.05, 3.63) is 241 Å². The second-order valence-corrected chi connectivity index (χ2v) is 14.5. The molecule has 8 rings (SSSR count). The molecule has 0 heterocycles. The maximum atomic E-state index is 2.28. The maximum Gasteiger partial charge on any atom is 0.0456 e. The number of nitrogens with zero attached hydrogens (tertiary/aromatic N) is 2. The monoisotopic (exact) mass is 734 g/mol. The third kappa shape index (κ3) is 8.72. The highest BCUT2D eigenvalue weighted by molar-refractivity contribution is 5.79. The highest BCUT2D eigenvalue weighted by atomic mass is 15.1. The highest BCUT2D eigenvalue weighted by Crippen LogP contribution is 2.35. The van der Waals surface area contributed by atoms with Crippen LogP contribution in [0.15, 0.2) is 225 Å². The summed E-state index contributed by atoms with van der Waals surface area (Å²) in [6.45, 7) is 6.47. The van der Waals surface area contributed by atoms with Gasteiger partial charge >= 0.3 is 0 Å². The molecule has 57 heavy (non-hydrogen) atoms. The van der Waals surface area contributed by atoms with Gasteiger partial charge < -0.3 is 9.80 Å². The number of aryl methyl sites for hydroxylation is 1. The molecule has 0 amide bonds. The molecule has 276 valence electrons. The predicted octanol–water partition coefficient (Wildman–Crippen LogP) is 15.4. The first kappa shape index (κ1) is 36.8. The molecule has 2 heteroatoms. The minimum atomic E-state index is 1.10. The number of anilines is 4. The van der Waals surface area contributed by atoms with Gasteiger partial charge in [-0.2, -0.15) is 0 Å². The van der Waals surface area contributed by atoms with Crippen LogP contribution in [0.1, 0.15) is 30.5 Å². The molecule has 8 aromatic rings. The Morgan fingerprint density at radius 3 is 0.860 bits per heavy atom. The second kappa shape index (κ2) is 17.1. The van der Waals surface area contributed by atoms with E-state index in [1.54, 1.807) is 0 Å². The Kier molecular flexibility index (Phi) is 11.0. The van der Waals surface area contributed by atoms with Crippen molar-refractivity contribution < 1.29 is 0 Å². The molecule has 0 atom stereocenters. The first-order valence-corrected chi connectivity index (χ1v) is 19.6. The Hall–Kier alpha value is -7.16. The molecular weight excluding hydrogens is 689 g/mol. The maximum absolute atomic E-state index is 2.28. The molecule has 0 saturated carbocycles. The van der Waals surface area contributed by atoms with Crippen LogP contribution in [0.3, 0.4) is 0 Å². The SMILES string of the molecule is C/C(=C\N(c1ccc(C)cc1)c1ccc(-c2ccc(-c3ccc(N(/C=C(\C)c4ccccc4)c4ccc(-c5ccccc5)cc4)cc3)cc2)cc1)c1ccccc1. The van der Waals surface area contributed by atoms with Gasteiger partial charge in [-0.05, 0) is 125 Å². The van der Waals surface area contributed by atoms with Gasteiger partial charge in [0, 0.05) is 35.1 Å². The average molecular weight is 735 g/mol. The third-order valence-electron chi connectivity index (χ3n) is 10.5. The quantitative estimate of drug-likeness (QED) is 0.131. The topological polar surface area (TPSA) is 6.48 Å². The summed E-state index contributed by atoms with van der Waals surface area (Å²) in [6, 6.07) is 75.8. The lowest BCUT2D eigenvalue weighted by Gasteiger charge is -2.23. The van der Waals surface area contributed by atoms with Crippen LogP contribution >= 0.6 is 0 Å². The summed E-state index contributed by atoms with van der Waals surface area (Å²) in [7, 11) is 0. The Labute approximate surface area is 338 Å². The standard InChI is InChI=1S/C55H46N2/c1-41-19-31-52(32-20-41)56(39-42(2)44-13-7-4-8-14-44)53-35-27-50(28-36-53)47-21-23-48(24-22-47)51-29-37-55(38-30-51)57(40-43(3)45-15-9-5-10-16-45)54-33-25-49(26-34-54)46-17-11-6-12-18-46/h4-40H,1-3H3/b42-39+,43-40+. The Morgan fingerprint density at radius 1 is 0.298 bits per heavy atom. The van der Waals surface area contributed by atoms with Gasteiger partial charge in [0.2, 0.25) is 0 Å². The largest absolute Gasteiger partial charge is 0.317 e. The summed E-state index contributed by atoms with van der Waals surface area (Å²) in [5.41, 5.74) is 17.7. The van der Waals surface area contributed by atoms with Gasteiger partial charge in [0.25, 0.3) is 0 Å². The van der Waals surface area contributed by atoms with Gasteiger partial charge in [-0.3, -0.25) is 0 Å². The highest BCUT2D eigenvalue weighted by Gasteiger charge is 2.12. The van der Waals surface area contributed by atoms with Crippen LogP contribution < -0.4 is 9.80 Å². The Bertz CT molecular complexity index is 2570. The Morgan fingerprint density at radius 2 is 0.544 bits per heavy atom. The predicted molar refractivity (Wildman–Crippen MR) is 245 cm³/mol. The van der Waals surface area contributed by atoms with E-state index in [2.05, 4.69) is 255 Å². The van der Waals surface area contributed by atoms with Gasteiger partial charge in [-0.25, -0.2) is 0 Å². The molecule has 0 saturated heterocycles. The van der Waals surface area contributed by atoms with Crippen LogP contribution in [-0.2, 0) is 0 Å². The molecule has 0 aliphatic heterocycles. The normalized spacial score (nSPS) is 11.6. The van der Waals surface area contributed by atoms with Crippen LogP contribution in [0.25, 0.3) is 44.5 Å². The minimum absolute atomic E-state index is 1.10. The zero-order valence-electron chi connectivity index (χ0n) is 32.8. The number of hydrogen-bond donors (Lipinski definition) is 0. The van der Waals surface area contributed by atoms with Crippen LogP contribution in [0.2, 0.25) is 0 Å². The van der Waals surface area contributed by atoms with E-state index in [1.165, 1.54) is 61.2 Å². The van der Waals surface area contributed by atoms with E-state index < -0.39 is 0 Å². The summed E-state index contributed by atoms with van der Waals surface area (Å²) in [4.78, 5) is 4.56. The fourth-order valence-electron chi connectivity index (χ4n) is 7.17. The van der Waals surface area contributed by atoms with E-state index in [9.17, 15) is 0 Å². The van der Waals surface area contributed by atoms with E-state index in [-0.39, 0.29) is 0 Å². The van der Waals surface area contributed by atoms with Crippen molar-refractivity contribution in [1.82, 2.24) is 0 Å². The molecule has 0 bridgehead atoms. The molecule has 0 unspecified atom stereocenters. The number of hydrogen-bond acceptors (Lipinski definition) is 2. The lowest BCUT2D eigenvalue weighted by molar-refractivity contribution is 1.27. The smallest absolute Gasteiger partial charge is 0.0456 e. The van der Waals surface area contributed by atoms with Crippen molar-refractivity contribution in [3.63, 3.8) is 0 Å². The Balaban J connectivity index is 1.03. The molecule has 8 aromatic carbocycles. The number of allylic oxidation sites excluding steroid dienone is 2. The van der Waals surface area contributed by atoms with Crippen molar-refractivity contribution in [2.45, 2.75) is 20.8 Å². The molecule has 0 aliphatic carbocycles. The first-order chi connectivity index (χ1) is 28.0. The van der Waals surface area contributed by atoms with Crippen molar-refractivity contribution in [2.75, 3.05) is 9.80 Å². The zero-order chi connectivity index (χ0) is 39.0. The zero-order valence-corrected chi connectivity index (χ0v) is 32.8. The van der Waals surface area contributed by atoms with E-state index in [0.717, 1.165) is 22.7 Å². The van der Waals surface area contributed by atoms with Crippen LogP contribution in [-0.4, -0.2) is 0 Å². The van der Waals surface area contributed by atoms with Crippen molar-refractivity contribution in [2.24, 2.45) is 0 Å². The van der Waals surface area contributed by atoms with Gasteiger partial charge in [0.15, 0.2) is 0 Å². The van der Waals surface area contributed by atoms with Gasteiger partial charge in [0.05, 0.1) is 0 Å². The van der Waals surface area contributed by atoms with Gasteiger partial charge in [-0.15, -0.1) is 0 Å². The third-order valence-corrected chi connectivity index (χ3v) is 10.5. The number of benzene rings is 8. The summed E-state index contributed by atoms with van der Waals surface area (Å²) in [5, 5.41) is 0. The molecule has 0 aromatic heterocycles. The summed E-state index contributed by atoms with van der Waals surface area (Å²) in [5.74, 6) is 0. The van der Waals surface area contributed by atoms with Crippen molar-refractivity contribution in [1.29, 1.82) is 0 Å². The van der Waals surface area contributed by atoms with Crippen LogP contribution in [0.5, 0.6) is 0 Å². The van der Waals surface area contributed by atoms with Gasteiger partial charge in [-0.1, -0.05) is 169 Å². The molecule has 0 radical (unpaired) electrons. The lowest BCUT2D eigenvalue weighted by Crippen LogP contribution is -2.09. The van der Waals surface area contributed by atoms with Crippen molar-refractivity contribution in [3.8, 4) is 33.4 Å². The fraction of sp³-hybridized carbons (Fsp3) is 0.0545. The molecule has 2 nitrogen and oxygen atoms in total. The van der Waals surface area contributed by atoms with Crippen molar-refractivity contribution >= 4 is 33.9 Å². The van der Waals surface area contributed by atoms with E-state index >= 15 is 0 Å². The van der Waals surface area contributed by atoms with Crippen LogP contribution in [0, 0.1) is 6.92 Å². The minimum Gasteiger partial charge on any atom is -0.317 e. The van der Waals surface area contributed by atoms with Gasteiger partial charge in [0.1, 0.15) is 0 Å². The fourth-order valence-corrected chi connectivity index (χ4v) is 7.17. The number of rotatable bonds is 11. The second-order valence-electron chi connectivity index (χ2n) is 14.5.